The van der Waals surface area contributed by atoms with Crippen molar-refractivity contribution in [2.75, 3.05) is 19.1 Å². The second-order valence-electron chi connectivity index (χ2n) is 12.5. The maximum absolute atomic E-state index is 13.8. The van der Waals surface area contributed by atoms with Crippen LogP contribution < -0.4 is 5.32 Å². The number of hydrogen-bond acceptors (Lipinski definition) is 6. The van der Waals surface area contributed by atoms with Gasteiger partial charge in [-0.25, -0.2) is 4.79 Å². The highest BCUT2D eigenvalue weighted by Crippen LogP contribution is 2.37. The van der Waals surface area contributed by atoms with Crippen molar-refractivity contribution in [1.29, 1.82) is 0 Å². The summed E-state index contributed by atoms with van der Waals surface area (Å²) in [4.78, 5) is 28.6. The lowest BCUT2D eigenvalue weighted by molar-refractivity contribution is -0.142. The van der Waals surface area contributed by atoms with Gasteiger partial charge in [0, 0.05) is 39.3 Å². The third kappa shape index (κ3) is 9.20. The molecule has 1 aromatic heterocycles. The smallest absolute Gasteiger partial charge is 0.328 e. The Morgan fingerprint density at radius 3 is 2.12 bits per heavy atom. The maximum Gasteiger partial charge on any atom is 0.328 e. The summed E-state index contributed by atoms with van der Waals surface area (Å²) in [5, 5.41) is 4.27. The van der Waals surface area contributed by atoms with Gasteiger partial charge in [0.25, 0.3) is 5.91 Å². The third-order valence-corrected chi connectivity index (χ3v) is 9.83. The summed E-state index contributed by atoms with van der Waals surface area (Å²) < 4.78 is 11.6. The van der Waals surface area contributed by atoms with E-state index in [2.05, 4.69) is 36.2 Å². The van der Waals surface area contributed by atoms with E-state index in [0.29, 0.717) is 40.9 Å². The molecule has 0 saturated heterocycles. The van der Waals surface area contributed by atoms with Crippen molar-refractivity contribution in [2.45, 2.75) is 52.4 Å². The largest absolute Gasteiger partial charge is 0.467 e. The molecule has 1 N–H and O–H groups in total. The number of furan rings is 1. The van der Waals surface area contributed by atoms with Crippen LogP contribution in [0.25, 0.3) is 33.6 Å². The van der Waals surface area contributed by atoms with E-state index < -0.39 is 12.0 Å². The van der Waals surface area contributed by atoms with E-state index in [9.17, 15) is 9.59 Å². The molecule has 1 amide bonds. The Morgan fingerprint density at radius 2 is 1.50 bits per heavy atom. The average Bonchev–Trinajstić information content (AvgIpc) is 3.53. The molecule has 5 aromatic rings. The van der Waals surface area contributed by atoms with E-state index >= 15 is 0 Å². The van der Waals surface area contributed by atoms with Gasteiger partial charge in [0.2, 0.25) is 0 Å². The first-order valence-electron chi connectivity index (χ1n) is 16.5. The lowest BCUT2D eigenvalue weighted by atomic mass is 9.93. The molecule has 5 rings (SSSR count). The number of esters is 1. The molecule has 0 aliphatic rings. The van der Waals surface area contributed by atoms with Crippen LogP contribution in [-0.4, -0.2) is 48.0 Å². The predicted octanol–water partition coefficient (Wildman–Crippen LogP) is 10.3. The molecule has 0 fully saturated rings. The highest BCUT2D eigenvalue weighted by Gasteiger charge is 2.25. The molecule has 260 valence electrons. The van der Waals surface area contributed by atoms with Gasteiger partial charge in [-0.1, -0.05) is 65.7 Å². The first-order chi connectivity index (χ1) is 24.1. The molecular formula is C41H42Cl2N2O4S. The monoisotopic (exact) mass is 728 g/mol. The lowest BCUT2D eigenvalue weighted by Gasteiger charge is -2.26. The number of hydrogen-bond donors (Lipinski definition) is 1. The highest BCUT2D eigenvalue weighted by atomic mass is 35.5. The van der Waals surface area contributed by atoms with Crippen molar-refractivity contribution in [3.63, 3.8) is 0 Å². The molecule has 0 aliphatic carbocycles. The van der Waals surface area contributed by atoms with E-state index in [1.165, 1.54) is 7.11 Å². The number of nitrogens with one attached hydrogen (secondary N) is 1. The molecule has 9 heteroatoms. The fourth-order valence-electron chi connectivity index (χ4n) is 5.88. The Kier molecular flexibility index (Phi) is 12.9. The molecule has 1 atom stereocenters. The van der Waals surface area contributed by atoms with E-state index in [1.807, 2.05) is 98.1 Å². The second-order valence-corrected chi connectivity index (χ2v) is 14.4. The number of rotatable bonds is 14. The summed E-state index contributed by atoms with van der Waals surface area (Å²) in [6.45, 7) is 7.53. The average molecular weight is 730 g/mol. The number of aryl methyl sites for hydroxylation is 1. The van der Waals surface area contributed by atoms with Gasteiger partial charge < -0.3 is 14.5 Å². The van der Waals surface area contributed by atoms with E-state index in [1.54, 1.807) is 11.8 Å². The van der Waals surface area contributed by atoms with Crippen LogP contribution in [0.15, 0.2) is 101 Å². The third-order valence-electron chi connectivity index (χ3n) is 8.69. The summed E-state index contributed by atoms with van der Waals surface area (Å²) in [5.74, 6) is 1.54. The summed E-state index contributed by atoms with van der Waals surface area (Å²) in [6.07, 6.45) is 2.45. The summed E-state index contributed by atoms with van der Waals surface area (Å²) in [5.41, 5.74) is 7.27. The van der Waals surface area contributed by atoms with Crippen molar-refractivity contribution >= 4 is 46.8 Å². The molecule has 0 unspecified atom stereocenters. The van der Waals surface area contributed by atoms with Crippen molar-refractivity contribution in [3.05, 3.63) is 130 Å². The van der Waals surface area contributed by atoms with Crippen molar-refractivity contribution in [1.82, 2.24) is 10.2 Å². The van der Waals surface area contributed by atoms with Gasteiger partial charge in [-0.3, -0.25) is 9.69 Å². The van der Waals surface area contributed by atoms with Gasteiger partial charge in [-0.15, -0.1) is 0 Å². The van der Waals surface area contributed by atoms with Crippen LogP contribution in [0.3, 0.4) is 0 Å². The molecule has 1 heterocycles. The molecule has 0 spiro atoms. The molecule has 0 saturated carbocycles. The number of carbonyl (C=O) groups is 2. The Bertz CT molecular complexity index is 1860. The van der Waals surface area contributed by atoms with Gasteiger partial charge in [0.1, 0.15) is 17.6 Å². The van der Waals surface area contributed by atoms with E-state index in [4.69, 9.17) is 32.4 Å². The fourth-order valence-corrected chi connectivity index (χ4v) is 6.61. The van der Waals surface area contributed by atoms with Crippen molar-refractivity contribution < 1.29 is 18.7 Å². The van der Waals surface area contributed by atoms with Gasteiger partial charge >= 0.3 is 5.97 Å². The number of benzene rings is 4. The highest BCUT2D eigenvalue weighted by molar-refractivity contribution is 7.98. The fraction of sp³-hybridized carbons (Fsp3) is 0.268. The Balaban J connectivity index is 1.47. The number of halogens is 2. The summed E-state index contributed by atoms with van der Waals surface area (Å²) in [7, 11) is 1.34. The van der Waals surface area contributed by atoms with Crippen LogP contribution in [0, 0.1) is 6.92 Å². The number of ether oxygens (including phenoxy) is 1. The number of carbonyl (C=O) groups excluding carboxylic acids is 2. The zero-order chi connectivity index (χ0) is 35.8. The normalized spacial score (nSPS) is 11.9. The van der Waals surface area contributed by atoms with Crippen molar-refractivity contribution in [2.24, 2.45) is 0 Å². The topological polar surface area (TPSA) is 71.8 Å². The number of nitrogens with zero attached hydrogens (tertiary/aromatic N) is 1. The quantitative estimate of drug-likeness (QED) is 0.115. The van der Waals surface area contributed by atoms with Gasteiger partial charge in [-0.05, 0) is 122 Å². The van der Waals surface area contributed by atoms with Gasteiger partial charge in [0.15, 0.2) is 0 Å². The minimum atomic E-state index is -0.732. The lowest BCUT2D eigenvalue weighted by Crippen LogP contribution is -2.42. The molecule has 6 nitrogen and oxygen atoms in total. The molecule has 0 aliphatic heterocycles. The van der Waals surface area contributed by atoms with Crippen molar-refractivity contribution in [3.8, 4) is 33.6 Å². The number of methoxy groups -OCH3 is 1. The van der Waals surface area contributed by atoms with Gasteiger partial charge in [-0.2, -0.15) is 11.8 Å². The Hall–Kier alpha value is -4.01. The number of thioether (sulfide) groups is 1. The molecule has 50 heavy (non-hydrogen) atoms. The van der Waals surface area contributed by atoms with Crippen LogP contribution in [0.1, 0.15) is 47.5 Å². The van der Waals surface area contributed by atoms with E-state index in [0.717, 1.165) is 50.5 Å². The minimum absolute atomic E-state index is 0.181. The Morgan fingerprint density at radius 1 is 0.840 bits per heavy atom. The zero-order valence-corrected chi connectivity index (χ0v) is 31.3. The molecule has 0 radical (unpaired) electrons. The second kappa shape index (κ2) is 17.3. The van der Waals surface area contributed by atoms with Crippen LogP contribution in [0.5, 0.6) is 0 Å². The molecule has 4 aromatic carbocycles. The summed E-state index contributed by atoms with van der Waals surface area (Å²) >= 11 is 14.0. The number of amides is 1. The molecular weight excluding hydrogens is 687 g/mol. The zero-order valence-electron chi connectivity index (χ0n) is 29.0. The van der Waals surface area contributed by atoms with Crippen LogP contribution >= 0.6 is 35.0 Å². The minimum Gasteiger partial charge on any atom is -0.467 e. The van der Waals surface area contributed by atoms with Gasteiger partial charge in [0.05, 0.1) is 13.7 Å². The van der Waals surface area contributed by atoms with E-state index in [-0.39, 0.29) is 11.9 Å². The van der Waals surface area contributed by atoms with Crippen LogP contribution in [-0.2, 0) is 22.6 Å². The SMILES string of the molecule is COC(=O)[C@H](CCSC)NC(=O)c1ccc(CN(Cc2cc(-c3ccc(Cl)cc3)c(-c3ccc(Cl)cc3)o2)C(C)C)cc1-c1ccccc1C. The predicted molar refractivity (Wildman–Crippen MR) is 207 cm³/mol. The summed E-state index contributed by atoms with van der Waals surface area (Å²) in [6, 6.07) is 30.9. The van der Waals surface area contributed by atoms with Crippen LogP contribution in [0.4, 0.5) is 0 Å². The maximum atomic E-state index is 13.8. The molecule has 0 bridgehead atoms. The first-order valence-corrected chi connectivity index (χ1v) is 18.7. The first kappa shape index (κ1) is 37.3. The van der Waals surface area contributed by atoms with Crippen LogP contribution in [0.2, 0.25) is 10.0 Å². The Labute approximate surface area is 309 Å². The standard InChI is InChI=1S/C41H42Cl2N2O4S/c1-26(2)45(25-33-23-36(29-11-15-31(42)16-12-29)39(49-33)30-13-17-32(43)18-14-30)24-28-10-19-35(37(22-28)34-9-7-6-8-27(34)3)40(46)44-38(20-21-50-5)41(47)48-4/h6-19,22-23,26,38H,20-21,24-25H2,1-5H3,(H,44,46)/t38-/m0/s1.